The number of carboxylic acids is 1. The number of urea groups is 1. The van der Waals surface area contributed by atoms with Crippen LogP contribution in [0.4, 0.5) is 16.2 Å². The molecule has 0 spiro atoms. The number of fused-ring (bicyclic) bond motifs is 2. The predicted octanol–water partition coefficient (Wildman–Crippen LogP) is 5.58. The molecule has 0 atom stereocenters. The second-order valence-corrected chi connectivity index (χ2v) is 12.2. The summed E-state index contributed by atoms with van der Waals surface area (Å²) in [5.41, 5.74) is 3.39. The van der Waals surface area contributed by atoms with Gasteiger partial charge in [0, 0.05) is 39.2 Å². The van der Waals surface area contributed by atoms with Crippen molar-refractivity contribution < 1.29 is 24.3 Å². The minimum Gasteiger partial charge on any atom is -0.481 e. The van der Waals surface area contributed by atoms with Gasteiger partial charge in [-0.3, -0.25) is 19.3 Å². The second kappa shape index (κ2) is 11.8. The highest BCUT2D eigenvalue weighted by Crippen LogP contribution is 2.34. The van der Waals surface area contributed by atoms with Gasteiger partial charge in [-0.1, -0.05) is 58.2 Å². The third-order valence-corrected chi connectivity index (χ3v) is 7.88. The number of Topliss-reactive ketones (excluding diaryl/α,β-unsaturated/α-hetero) is 1. The number of hydrogen-bond acceptors (Lipinski definition) is 5. The van der Waals surface area contributed by atoms with Crippen LogP contribution in [0, 0.1) is 11.3 Å². The highest BCUT2D eigenvalue weighted by atomic mass is 16.4. The Morgan fingerprint density at radius 1 is 1.02 bits per heavy atom. The number of aliphatic carboxylic acids is 1. The maximum absolute atomic E-state index is 14.0. The van der Waals surface area contributed by atoms with E-state index in [1.807, 2.05) is 45.0 Å². The van der Waals surface area contributed by atoms with Crippen LogP contribution in [0.15, 0.2) is 53.6 Å². The molecule has 2 aromatic carbocycles. The van der Waals surface area contributed by atoms with E-state index < -0.39 is 23.3 Å². The number of ketones is 1. The minimum atomic E-state index is -0.939. The van der Waals surface area contributed by atoms with Crippen LogP contribution < -0.4 is 10.2 Å². The molecule has 3 aromatic rings. The van der Waals surface area contributed by atoms with Crippen molar-refractivity contribution >= 4 is 51.7 Å². The Balaban J connectivity index is 1.44. The molecule has 3 amide bonds. The first-order valence-electron chi connectivity index (χ1n) is 14.4. The van der Waals surface area contributed by atoms with Crippen molar-refractivity contribution in [3.8, 4) is 0 Å². The van der Waals surface area contributed by atoms with Gasteiger partial charge in [-0.2, -0.15) is 5.10 Å². The van der Waals surface area contributed by atoms with Crippen LogP contribution in [0.1, 0.15) is 64.1 Å². The van der Waals surface area contributed by atoms with E-state index in [1.165, 1.54) is 9.91 Å². The topological polar surface area (TPSA) is 135 Å². The number of hydrazone groups is 1. The van der Waals surface area contributed by atoms with E-state index in [2.05, 4.69) is 10.3 Å². The average Bonchev–Trinajstić information content (AvgIpc) is 3.29. The normalized spacial score (nSPS) is 16.2. The second-order valence-electron chi connectivity index (χ2n) is 12.2. The first kappa shape index (κ1) is 29.0. The van der Waals surface area contributed by atoms with Crippen molar-refractivity contribution in [1.29, 1.82) is 0 Å². The summed E-state index contributed by atoms with van der Waals surface area (Å²) in [6.45, 7) is 5.01. The van der Waals surface area contributed by atoms with Gasteiger partial charge in [-0.05, 0) is 43.2 Å². The molecule has 1 aliphatic carbocycles. The van der Waals surface area contributed by atoms with Crippen LogP contribution in [0.25, 0.3) is 10.9 Å². The fourth-order valence-corrected chi connectivity index (χ4v) is 5.57. The maximum Gasteiger partial charge on any atom is 0.345 e. The number of nitrogens with zero attached hydrogens (tertiary/aromatic N) is 3. The molecule has 1 aromatic heterocycles. The summed E-state index contributed by atoms with van der Waals surface area (Å²) in [5.74, 6) is -1.33. The van der Waals surface area contributed by atoms with Crippen LogP contribution in [-0.4, -0.2) is 57.6 Å². The first-order chi connectivity index (χ1) is 20.0. The summed E-state index contributed by atoms with van der Waals surface area (Å²) in [7, 11) is 0. The Morgan fingerprint density at radius 3 is 2.48 bits per heavy atom. The molecule has 1 fully saturated rings. The quantitative estimate of drug-likeness (QED) is 0.325. The lowest BCUT2D eigenvalue weighted by molar-refractivity contribution is -0.136. The molecule has 2 heterocycles. The van der Waals surface area contributed by atoms with Crippen molar-refractivity contribution in [2.24, 2.45) is 16.4 Å². The Bertz CT molecular complexity index is 1560. The fraction of sp³-hybridized carbons (Fsp3) is 0.406. The SMILES string of the molecule is CC(C)(C)C(=O)CN1C(=O)N(CC(=O)Nc2ccc3[nH]c(CC(=O)O)cc3c2)N=C(C2CCCCC2)c2ccccc21. The summed E-state index contributed by atoms with van der Waals surface area (Å²) in [5, 5.41) is 18.7. The van der Waals surface area contributed by atoms with Crippen molar-refractivity contribution in [2.45, 2.75) is 59.3 Å². The summed E-state index contributed by atoms with van der Waals surface area (Å²) in [4.78, 5) is 56.1. The Labute approximate surface area is 244 Å². The number of carbonyl (C=O) groups is 4. The summed E-state index contributed by atoms with van der Waals surface area (Å²) in [6, 6.07) is 14.0. The number of carbonyl (C=O) groups excluding carboxylic acids is 3. The maximum atomic E-state index is 14.0. The number of anilines is 2. The number of rotatable bonds is 8. The summed E-state index contributed by atoms with van der Waals surface area (Å²) < 4.78 is 0. The third kappa shape index (κ3) is 6.37. The summed E-state index contributed by atoms with van der Waals surface area (Å²) >= 11 is 0. The van der Waals surface area contributed by atoms with E-state index in [1.54, 1.807) is 24.3 Å². The highest BCUT2D eigenvalue weighted by Gasteiger charge is 2.36. The lowest BCUT2D eigenvalue weighted by Gasteiger charge is -2.28. The lowest BCUT2D eigenvalue weighted by atomic mass is 9.83. The van der Waals surface area contributed by atoms with Crippen molar-refractivity contribution in [3.63, 3.8) is 0 Å². The number of para-hydroxylation sites is 1. The van der Waals surface area contributed by atoms with Crippen LogP contribution in [0.2, 0.25) is 0 Å². The number of carboxylic acid groups (broad SMARTS) is 1. The molecule has 0 bridgehead atoms. The van der Waals surface area contributed by atoms with E-state index in [-0.39, 0.29) is 31.2 Å². The molecule has 3 N–H and O–H groups in total. The molecule has 0 radical (unpaired) electrons. The van der Waals surface area contributed by atoms with Crippen molar-refractivity contribution in [1.82, 2.24) is 9.99 Å². The predicted molar refractivity (Wildman–Crippen MR) is 162 cm³/mol. The number of amides is 3. The van der Waals surface area contributed by atoms with Gasteiger partial charge < -0.3 is 15.4 Å². The van der Waals surface area contributed by atoms with E-state index in [9.17, 15) is 19.2 Å². The van der Waals surface area contributed by atoms with Gasteiger partial charge in [0.25, 0.3) is 0 Å². The molecule has 42 heavy (non-hydrogen) atoms. The van der Waals surface area contributed by atoms with E-state index in [0.29, 0.717) is 17.1 Å². The number of aromatic nitrogens is 1. The molecule has 0 saturated heterocycles. The minimum absolute atomic E-state index is 0.0988. The molecule has 1 aliphatic heterocycles. The third-order valence-electron chi connectivity index (χ3n) is 7.88. The average molecular weight is 572 g/mol. The molecular formula is C32H37N5O5. The highest BCUT2D eigenvalue weighted by molar-refractivity contribution is 6.13. The summed E-state index contributed by atoms with van der Waals surface area (Å²) in [6.07, 6.45) is 5.06. The molecule has 1 saturated carbocycles. The van der Waals surface area contributed by atoms with E-state index in [0.717, 1.165) is 54.3 Å². The molecule has 10 heteroatoms. The van der Waals surface area contributed by atoms with Crippen molar-refractivity contribution in [3.05, 3.63) is 59.8 Å². The van der Waals surface area contributed by atoms with Crippen LogP contribution >= 0.6 is 0 Å². The number of hydrogen-bond donors (Lipinski definition) is 3. The molecule has 5 rings (SSSR count). The van der Waals surface area contributed by atoms with Crippen LogP contribution in [-0.2, 0) is 20.8 Å². The molecule has 220 valence electrons. The van der Waals surface area contributed by atoms with Gasteiger partial charge in [0.2, 0.25) is 5.91 Å². The molecule has 10 nitrogen and oxygen atoms in total. The van der Waals surface area contributed by atoms with Gasteiger partial charge in [0.1, 0.15) is 6.54 Å². The van der Waals surface area contributed by atoms with E-state index >= 15 is 0 Å². The zero-order valence-electron chi connectivity index (χ0n) is 24.3. The van der Waals surface area contributed by atoms with E-state index in [4.69, 9.17) is 10.2 Å². The number of nitrogens with one attached hydrogen (secondary N) is 2. The lowest BCUT2D eigenvalue weighted by Crippen LogP contribution is -2.47. The molecular weight excluding hydrogens is 534 g/mol. The van der Waals surface area contributed by atoms with Gasteiger partial charge in [0.05, 0.1) is 24.4 Å². The molecule has 0 unspecified atom stereocenters. The van der Waals surface area contributed by atoms with Gasteiger partial charge in [0.15, 0.2) is 5.78 Å². The Hall–Kier alpha value is -4.47. The van der Waals surface area contributed by atoms with Gasteiger partial charge in [-0.25, -0.2) is 9.80 Å². The molecule has 2 aliphatic rings. The number of aromatic amines is 1. The number of H-pyrrole nitrogens is 1. The number of benzene rings is 2. The Kier molecular flexibility index (Phi) is 8.15. The fourth-order valence-electron chi connectivity index (χ4n) is 5.57. The monoisotopic (exact) mass is 571 g/mol. The zero-order chi connectivity index (χ0) is 30.0. The Morgan fingerprint density at radius 2 is 1.76 bits per heavy atom. The van der Waals surface area contributed by atoms with Crippen LogP contribution in [0.3, 0.4) is 0 Å². The first-order valence-corrected chi connectivity index (χ1v) is 14.4. The smallest absolute Gasteiger partial charge is 0.345 e. The van der Waals surface area contributed by atoms with Gasteiger partial charge >= 0.3 is 12.0 Å². The largest absolute Gasteiger partial charge is 0.481 e. The van der Waals surface area contributed by atoms with Gasteiger partial charge in [-0.15, -0.1) is 0 Å². The van der Waals surface area contributed by atoms with Crippen LogP contribution in [0.5, 0.6) is 0 Å². The zero-order valence-corrected chi connectivity index (χ0v) is 24.3. The standard InChI is InChI=1S/C32H37N5O5/c1-32(2,3)27(38)18-36-26-12-8-7-11-24(26)30(20-9-5-4-6-10-20)35-37(31(36)42)19-28(39)34-22-13-14-25-21(15-22)16-23(33-25)17-29(40)41/h7-8,11-16,20,33H,4-6,9-10,17-19H2,1-3H3,(H,34,39)(H,40,41). The van der Waals surface area contributed by atoms with Crippen molar-refractivity contribution in [2.75, 3.05) is 23.3 Å².